The number of rotatable bonds is 13. The Morgan fingerprint density at radius 1 is 0.929 bits per heavy atom. The minimum Gasteiger partial charge on any atom is -0.497 e. The molecule has 234 valence electrons. The van der Waals surface area contributed by atoms with Crippen LogP contribution in [0.5, 0.6) is 5.75 Å². The molecule has 0 aromatic heterocycles. The summed E-state index contributed by atoms with van der Waals surface area (Å²) in [6.07, 6.45) is -0.229. The van der Waals surface area contributed by atoms with E-state index in [1.54, 1.807) is 21.3 Å². The molecule has 8 nitrogen and oxygen atoms in total. The van der Waals surface area contributed by atoms with Crippen molar-refractivity contribution in [2.45, 2.75) is 88.4 Å². The van der Waals surface area contributed by atoms with Crippen molar-refractivity contribution in [1.82, 2.24) is 0 Å². The number of benzene rings is 2. The number of halogens is 1. The van der Waals surface area contributed by atoms with Crippen LogP contribution < -0.4 is 4.74 Å². The van der Waals surface area contributed by atoms with Crippen LogP contribution in [0.15, 0.2) is 42.5 Å². The standard InChI is InChI=1S/C32H47ClO8Si/c1-31(35-4)32(2,36-5)41-30-28(40-31)19-26(20-38-21-37-15-16-42(6,7)8)39-29(30)23-11-14-27(33)24(18-23)17-22-9-12-25(34-3)13-10-22/h9-14,18,26,28-30H,15-17,19-21H2,1-8H3/t26-,28-,29-,30+,31+,32+/m0/s1. The predicted molar refractivity (Wildman–Crippen MR) is 165 cm³/mol. The lowest BCUT2D eigenvalue weighted by molar-refractivity contribution is -0.464. The van der Waals surface area contributed by atoms with E-state index in [1.807, 2.05) is 50.2 Å². The minimum absolute atomic E-state index is 0.227. The predicted octanol–water partition coefficient (Wildman–Crippen LogP) is 6.61. The lowest BCUT2D eigenvalue weighted by Crippen LogP contribution is -2.67. The molecule has 0 unspecified atom stereocenters. The van der Waals surface area contributed by atoms with Crippen molar-refractivity contribution < 1.29 is 37.9 Å². The Morgan fingerprint density at radius 2 is 1.62 bits per heavy atom. The maximum atomic E-state index is 6.68. The van der Waals surface area contributed by atoms with Crippen molar-refractivity contribution in [2.75, 3.05) is 41.3 Å². The molecule has 0 spiro atoms. The van der Waals surface area contributed by atoms with Crippen molar-refractivity contribution in [3.8, 4) is 5.75 Å². The summed E-state index contributed by atoms with van der Waals surface area (Å²) in [7, 11) is 3.69. The third-order valence-electron chi connectivity index (χ3n) is 8.26. The first kappa shape index (κ1) is 33.4. The van der Waals surface area contributed by atoms with Crippen LogP contribution in [0.25, 0.3) is 0 Å². The van der Waals surface area contributed by atoms with Gasteiger partial charge in [0.2, 0.25) is 11.6 Å². The molecule has 2 aromatic rings. The summed E-state index contributed by atoms with van der Waals surface area (Å²) in [5.41, 5.74) is 3.05. The smallest absolute Gasteiger partial charge is 0.220 e. The molecule has 2 saturated heterocycles. The maximum Gasteiger partial charge on any atom is 0.220 e. The SMILES string of the molecule is COc1ccc(Cc2cc([C@@H]3O[C@H](COCOCC[Si](C)(C)C)C[C@@H]4O[C@@](C)(OC)[C@](C)(OC)O[C@H]43)ccc2Cl)cc1. The van der Waals surface area contributed by atoms with Gasteiger partial charge in [-0.1, -0.05) is 55.5 Å². The first-order valence-electron chi connectivity index (χ1n) is 14.6. The molecule has 2 aliphatic rings. The Hall–Kier alpha value is -1.53. The molecule has 0 aliphatic carbocycles. The first-order chi connectivity index (χ1) is 19.9. The number of fused-ring (bicyclic) bond motifs is 1. The largest absolute Gasteiger partial charge is 0.497 e. The molecule has 2 heterocycles. The van der Waals surface area contributed by atoms with Gasteiger partial charge in [0.05, 0.1) is 25.9 Å². The second-order valence-electron chi connectivity index (χ2n) is 12.5. The van der Waals surface area contributed by atoms with E-state index < -0.39 is 31.9 Å². The molecule has 0 bridgehead atoms. The third-order valence-corrected chi connectivity index (χ3v) is 10.3. The molecule has 10 heteroatoms. The van der Waals surface area contributed by atoms with Crippen molar-refractivity contribution in [3.05, 3.63) is 64.2 Å². The zero-order valence-electron chi connectivity index (χ0n) is 26.2. The van der Waals surface area contributed by atoms with E-state index >= 15 is 0 Å². The fourth-order valence-electron chi connectivity index (χ4n) is 5.33. The first-order valence-corrected chi connectivity index (χ1v) is 18.7. The number of methoxy groups -OCH3 is 3. The van der Waals surface area contributed by atoms with Crippen molar-refractivity contribution in [1.29, 1.82) is 0 Å². The molecule has 2 aliphatic heterocycles. The van der Waals surface area contributed by atoms with E-state index in [-0.39, 0.29) is 19.0 Å². The summed E-state index contributed by atoms with van der Waals surface area (Å²) in [4.78, 5) is 0. The van der Waals surface area contributed by atoms with E-state index in [0.29, 0.717) is 31.1 Å². The van der Waals surface area contributed by atoms with Crippen molar-refractivity contribution >= 4 is 19.7 Å². The fourth-order valence-corrected chi connectivity index (χ4v) is 6.27. The zero-order chi connectivity index (χ0) is 30.5. The Bertz CT molecular complexity index is 1160. The van der Waals surface area contributed by atoms with Gasteiger partial charge in [-0.2, -0.15) is 0 Å². The van der Waals surface area contributed by atoms with Gasteiger partial charge in [0, 0.05) is 40.3 Å². The summed E-state index contributed by atoms with van der Waals surface area (Å²) in [6.45, 7) is 12.0. The number of ether oxygens (including phenoxy) is 8. The molecule has 2 aromatic carbocycles. The van der Waals surface area contributed by atoms with Crippen molar-refractivity contribution in [3.63, 3.8) is 0 Å². The lowest BCUT2D eigenvalue weighted by Gasteiger charge is -2.55. The summed E-state index contributed by atoms with van der Waals surface area (Å²) in [6, 6.07) is 15.1. The van der Waals surface area contributed by atoms with Crippen LogP contribution in [-0.4, -0.2) is 79.3 Å². The van der Waals surface area contributed by atoms with Crippen LogP contribution in [-0.2, 0) is 39.6 Å². The van der Waals surface area contributed by atoms with Gasteiger partial charge < -0.3 is 37.9 Å². The molecule has 6 atom stereocenters. The summed E-state index contributed by atoms with van der Waals surface area (Å²) in [5.74, 6) is -1.46. The van der Waals surface area contributed by atoms with E-state index in [4.69, 9.17) is 49.5 Å². The molecular formula is C32H47ClO8Si. The van der Waals surface area contributed by atoms with E-state index in [0.717, 1.165) is 28.5 Å². The Kier molecular flexibility index (Phi) is 11.2. The molecule has 0 amide bonds. The van der Waals surface area contributed by atoms with Crippen LogP contribution in [0.2, 0.25) is 30.7 Å². The van der Waals surface area contributed by atoms with Crippen LogP contribution in [0.4, 0.5) is 0 Å². The quantitative estimate of drug-likeness (QED) is 0.140. The van der Waals surface area contributed by atoms with Crippen LogP contribution >= 0.6 is 11.6 Å². The average Bonchev–Trinajstić information content (AvgIpc) is 2.96. The molecule has 0 N–H and O–H groups in total. The highest BCUT2D eigenvalue weighted by Gasteiger charge is 2.60. The van der Waals surface area contributed by atoms with Crippen LogP contribution in [0, 0.1) is 0 Å². The molecule has 2 fully saturated rings. The van der Waals surface area contributed by atoms with Crippen LogP contribution in [0.3, 0.4) is 0 Å². The van der Waals surface area contributed by atoms with Crippen LogP contribution in [0.1, 0.15) is 43.1 Å². The summed E-state index contributed by atoms with van der Waals surface area (Å²) in [5, 5.41) is 0.687. The minimum atomic E-state index is -1.16. The van der Waals surface area contributed by atoms with Crippen molar-refractivity contribution in [2.24, 2.45) is 0 Å². The third kappa shape index (κ3) is 7.94. The molecule has 4 rings (SSSR count). The Labute approximate surface area is 256 Å². The topological polar surface area (TPSA) is 73.8 Å². The number of hydrogen-bond donors (Lipinski definition) is 0. The highest BCUT2D eigenvalue weighted by atomic mass is 35.5. The maximum absolute atomic E-state index is 6.68. The van der Waals surface area contributed by atoms with Gasteiger partial charge in [-0.25, -0.2) is 0 Å². The summed E-state index contributed by atoms with van der Waals surface area (Å²) < 4.78 is 48.5. The molecular weight excluding hydrogens is 576 g/mol. The van der Waals surface area contributed by atoms with E-state index in [2.05, 4.69) is 25.7 Å². The van der Waals surface area contributed by atoms with Gasteiger partial charge in [0.15, 0.2) is 0 Å². The molecule has 42 heavy (non-hydrogen) atoms. The van der Waals surface area contributed by atoms with E-state index in [1.165, 1.54) is 0 Å². The second-order valence-corrected chi connectivity index (χ2v) is 18.6. The van der Waals surface area contributed by atoms with Gasteiger partial charge in [0.25, 0.3) is 0 Å². The van der Waals surface area contributed by atoms with Gasteiger partial charge in [0.1, 0.15) is 24.8 Å². The lowest BCUT2D eigenvalue weighted by atomic mass is 9.89. The number of hydrogen-bond acceptors (Lipinski definition) is 8. The second kappa shape index (κ2) is 14.1. The highest BCUT2D eigenvalue weighted by molar-refractivity contribution is 6.76. The van der Waals surface area contributed by atoms with E-state index in [9.17, 15) is 0 Å². The summed E-state index contributed by atoms with van der Waals surface area (Å²) >= 11 is 6.68. The monoisotopic (exact) mass is 622 g/mol. The molecule has 0 saturated carbocycles. The molecule has 0 radical (unpaired) electrons. The normalized spacial score (nSPS) is 29.7. The van der Waals surface area contributed by atoms with Gasteiger partial charge in [-0.15, -0.1) is 0 Å². The Balaban J connectivity index is 1.55. The van der Waals surface area contributed by atoms with Gasteiger partial charge >= 0.3 is 0 Å². The highest BCUT2D eigenvalue weighted by Crippen LogP contribution is 2.47. The fraction of sp³-hybridized carbons (Fsp3) is 0.625. The zero-order valence-corrected chi connectivity index (χ0v) is 28.0. The average molecular weight is 623 g/mol. The van der Waals surface area contributed by atoms with Gasteiger partial charge in [-0.05, 0) is 61.2 Å². The van der Waals surface area contributed by atoms with Gasteiger partial charge in [-0.3, -0.25) is 0 Å². The Morgan fingerprint density at radius 3 is 2.26 bits per heavy atom.